The summed E-state index contributed by atoms with van der Waals surface area (Å²) in [6, 6.07) is 7.90. The topological polar surface area (TPSA) is 27.7 Å². The van der Waals surface area contributed by atoms with Crippen molar-refractivity contribution in [2.24, 2.45) is 5.41 Å². The number of rotatable bonds is 6. The van der Waals surface area contributed by atoms with Crippen molar-refractivity contribution >= 4 is 5.76 Å². The Morgan fingerprint density at radius 3 is 2.35 bits per heavy atom. The van der Waals surface area contributed by atoms with Gasteiger partial charge >= 0.3 is 0 Å². The lowest BCUT2D eigenvalue weighted by molar-refractivity contribution is 0.155. The number of hydrogen-bond donors (Lipinski definition) is 0. The Kier molecular flexibility index (Phi) is 6.08. The van der Waals surface area contributed by atoms with Gasteiger partial charge in [0.15, 0.2) is 0 Å². The van der Waals surface area contributed by atoms with Crippen LogP contribution in [-0.4, -0.2) is 27.4 Å². The summed E-state index contributed by atoms with van der Waals surface area (Å²) in [6.45, 7) is 9.76. The van der Waals surface area contributed by atoms with E-state index in [1.807, 2.05) is 31.2 Å². The highest BCUT2D eigenvalue weighted by atomic mass is 16.5. The summed E-state index contributed by atoms with van der Waals surface area (Å²) in [6.07, 6.45) is 0. The molecule has 1 rings (SSSR count). The van der Waals surface area contributed by atoms with E-state index in [9.17, 15) is 0 Å². The van der Waals surface area contributed by atoms with Gasteiger partial charge in [0.1, 0.15) is 11.5 Å². The Hall–Kier alpha value is -1.48. The minimum Gasteiger partial charge on any atom is -0.497 e. The SMILES string of the molecule is CCOCC(=C(OC)c1cccc(OC)c1)C(C)(C)C. The van der Waals surface area contributed by atoms with Crippen LogP contribution in [0.2, 0.25) is 0 Å². The zero-order chi connectivity index (χ0) is 15.2. The summed E-state index contributed by atoms with van der Waals surface area (Å²) in [4.78, 5) is 0. The van der Waals surface area contributed by atoms with Gasteiger partial charge in [0, 0.05) is 17.7 Å². The quantitative estimate of drug-likeness (QED) is 0.732. The summed E-state index contributed by atoms with van der Waals surface area (Å²) in [5.74, 6) is 1.69. The van der Waals surface area contributed by atoms with Crippen molar-refractivity contribution < 1.29 is 14.2 Å². The van der Waals surface area contributed by atoms with Crippen molar-refractivity contribution in [1.29, 1.82) is 0 Å². The fourth-order valence-corrected chi connectivity index (χ4v) is 2.01. The molecule has 0 saturated heterocycles. The third-order valence-corrected chi connectivity index (χ3v) is 3.17. The number of methoxy groups -OCH3 is 2. The molecule has 0 fully saturated rings. The van der Waals surface area contributed by atoms with Gasteiger partial charge < -0.3 is 14.2 Å². The third-order valence-electron chi connectivity index (χ3n) is 3.17. The maximum Gasteiger partial charge on any atom is 0.128 e. The van der Waals surface area contributed by atoms with Gasteiger partial charge in [-0.15, -0.1) is 0 Å². The van der Waals surface area contributed by atoms with Crippen LogP contribution in [0.25, 0.3) is 5.76 Å². The first-order valence-corrected chi connectivity index (χ1v) is 6.93. The lowest BCUT2D eigenvalue weighted by Gasteiger charge is -2.26. The molecule has 112 valence electrons. The largest absolute Gasteiger partial charge is 0.497 e. The van der Waals surface area contributed by atoms with Crippen molar-refractivity contribution in [3.05, 3.63) is 35.4 Å². The molecule has 0 aliphatic rings. The minimum atomic E-state index is -0.0242. The highest BCUT2D eigenvalue weighted by molar-refractivity contribution is 5.65. The predicted molar refractivity (Wildman–Crippen MR) is 82.9 cm³/mol. The molecule has 0 unspecified atom stereocenters. The van der Waals surface area contributed by atoms with Crippen LogP contribution in [0, 0.1) is 5.41 Å². The molecule has 0 saturated carbocycles. The van der Waals surface area contributed by atoms with Crippen molar-refractivity contribution in [2.75, 3.05) is 27.4 Å². The van der Waals surface area contributed by atoms with Crippen LogP contribution in [-0.2, 0) is 9.47 Å². The first-order valence-electron chi connectivity index (χ1n) is 6.93. The molecule has 1 aromatic rings. The fourth-order valence-electron chi connectivity index (χ4n) is 2.01. The van der Waals surface area contributed by atoms with Gasteiger partial charge in [0.2, 0.25) is 0 Å². The highest BCUT2D eigenvalue weighted by Crippen LogP contribution is 2.34. The van der Waals surface area contributed by atoms with Gasteiger partial charge in [0.25, 0.3) is 0 Å². The Bertz CT molecular complexity index is 456. The summed E-state index contributed by atoms with van der Waals surface area (Å²) >= 11 is 0. The van der Waals surface area contributed by atoms with Crippen LogP contribution in [0.1, 0.15) is 33.3 Å². The normalized spacial score (nSPS) is 12.9. The third kappa shape index (κ3) is 4.27. The zero-order valence-corrected chi connectivity index (χ0v) is 13.4. The van der Waals surface area contributed by atoms with E-state index in [0.29, 0.717) is 13.2 Å². The first-order chi connectivity index (χ1) is 9.43. The van der Waals surface area contributed by atoms with E-state index in [1.54, 1.807) is 14.2 Å². The molecule has 3 nitrogen and oxygen atoms in total. The van der Waals surface area contributed by atoms with E-state index in [4.69, 9.17) is 14.2 Å². The Morgan fingerprint density at radius 2 is 1.85 bits per heavy atom. The van der Waals surface area contributed by atoms with E-state index >= 15 is 0 Å². The lowest BCUT2D eigenvalue weighted by atomic mass is 9.84. The van der Waals surface area contributed by atoms with Crippen LogP contribution >= 0.6 is 0 Å². The maximum atomic E-state index is 5.67. The molecule has 1 aromatic carbocycles. The van der Waals surface area contributed by atoms with Crippen molar-refractivity contribution in [3.8, 4) is 5.75 Å². The summed E-state index contributed by atoms with van der Waals surface area (Å²) < 4.78 is 16.6. The molecular weight excluding hydrogens is 252 g/mol. The minimum absolute atomic E-state index is 0.0242. The van der Waals surface area contributed by atoms with Gasteiger partial charge in [-0.1, -0.05) is 32.9 Å². The number of ether oxygens (including phenoxy) is 3. The molecule has 0 amide bonds. The molecule has 0 N–H and O–H groups in total. The summed E-state index contributed by atoms with van der Waals surface area (Å²) in [5, 5.41) is 0. The fraction of sp³-hybridized carbons (Fsp3) is 0.529. The van der Waals surface area contributed by atoms with E-state index in [1.165, 1.54) is 0 Å². The average Bonchev–Trinajstić information content (AvgIpc) is 2.42. The zero-order valence-electron chi connectivity index (χ0n) is 13.4. The van der Waals surface area contributed by atoms with Crippen LogP contribution < -0.4 is 4.74 Å². The second-order valence-electron chi connectivity index (χ2n) is 5.63. The monoisotopic (exact) mass is 278 g/mol. The second-order valence-corrected chi connectivity index (χ2v) is 5.63. The van der Waals surface area contributed by atoms with E-state index in [2.05, 4.69) is 20.8 Å². The van der Waals surface area contributed by atoms with Gasteiger partial charge in [-0.3, -0.25) is 0 Å². The Labute approximate surface area is 122 Å². The molecule has 20 heavy (non-hydrogen) atoms. The molecule has 0 aliphatic heterocycles. The van der Waals surface area contributed by atoms with Crippen molar-refractivity contribution in [2.45, 2.75) is 27.7 Å². The molecule has 0 bridgehead atoms. The molecule has 3 heteroatoms. The molecule has 0 radical (unpaired) electrons. The molecule has 0 heterocycles. The molecular formula is C17H26O3. The van der Waals surface area contributed by atoms with Gasteiger partial charge in [-0.25, -0.2) is 0 Å². The molecule has 0 aliphatic carbocycles. The highest BCUT2D eigenvalue weighted by Gasteiger charge is 2.23. The predicted octanol–water partition coefficient (Wildman–Crippen LogP) is 4.14. The standard InChI is InChI=1S/C17H26O3/c1-7-20-12-15(17(2,3)4)16(19-6)13-9-8-10-14(11-13)18-5/h8-11H,7,12H2,1-6H3. The first kappa shape index (κ1) is 16.6. The van der Waals surface area contributed by atoms with Crippen LogP contribution in [0.5, 0.6) is 5.75 Å². The van der Waals surface area contributed by atoms with E-state index in [0.717, 1.165) is 22.6 Å². The number of hydrogen-bond acceptors (Lipinski definition) is 3. The van der Waals surface area contributed by atoms with Gasteiger partial charge in [0.05, 0.1) is 20.8 Å². The van der Waals surface area contributed by atoms with Crippen LogP contribution in [0.4, 0.5) is 0 Å². The molecule has 0 atom stereocenters. The summed E-state index contributed by atoms with van der Waals surface area (Å²) in [5.41, 5.74) is 2.13. The van der Waals surface area contributed by atoms with Crippen LogP contribution in [0.15, 0.2) is 29.8 Å². The average molecular weight is 278 g/mol. The van der Waals surface area contributed by atoms with Gasteiger partial charge in [-0.05, 0) is 24.5 Å². The lowest BCUT2D eigenvalue weighted by Crippen LogP contribution is -2.17. The maximum absolute atomic E-state index is 5.67. The second kappa shape index (κ2) is 7.34. The smallest absolute Gasteiger partial charge is 0.128 e. The van der Waals surface area contributed by atoms with Crippen molar-refractivity contribution in [3.63, 3.8) is 0 Å². The van der Waals surface area contributed by atoms with E-state index < -0.39 is 0 Å². The Morgan fingerprint density at radius 1 is 1.15 bits per heavy atom. The van der Waals surface area contributed by atoms with Gasteiger partial charge in [-0.2, -0.15) is 0 Å². The summed E-state index contributed by atoms with van der Waals surface area (Å²) in [7, 11) is 3.37. The van der Waals surface area contributed by atoms with Crippen LogP contribution in [0.3, 0.4) is 0 Å². The van der Waals surface area contributed by atoms with E-state index in [-0.39, 0.29) is 5.41 Å². The molecule has 0 spiro atoms. The number of benzene rings is 1. The Balaban J connectivity index is 3.30. The molecule has 0 aromatic heterocycles. The van der Waals surface area contributed by atoms with Crippen molar-refractivity contribution in [1.82, 2.24) is 0 Å².